The van der Waals surface area contributed by atoms with E-state index in [2.05, 4.69) is 59.8 Å². The van der Waals surface area contributed by atoms with Crippen LogP contribution in [0.4, 0.5) is 11.4 Å². The van der Waals surface area contributed by atoms with E-state index in [4.69, 9.17) is 0 Å². The van der Waals surface area contributed by atoms with Crippen LogP contribution in [0.5, 0.6) is 0 Å². The van der Waals surface area contributed by atoms with Crippen molar-refractivity contribution in [3.8, 4) is 0 Å². The number of benzene rings is 2. The lowest BCUT2D eigenvalue weighted by atomic mass is 10.2. The van der Waals surface area contributed by atoms with E-state index in [0.29, 0.717) is 20.2 Å². The summed E-state index contributed by atoms with van der Waals surface area (Å²) >= 11 is 8.69. The molecule has 0 unspecified atom stereocenters. The third kappa shape index (κ3) is 4.01. The number of carbonyl (C=O) groups is 1. The number of hydrogen-bond acceptors (Lipinski definition) is 3. The average molecular weight is 526 g/mol. The molecule has 0 heterocycles. The minimum absolute atomic E-state index is 0.0878. The predicted molar refractivity (Wildman–Crippen MR) is 95.6 cm³/mol. The van der Waals surface area contributed by atoms with E-state index in [1.807, 2.05) is 6.07 Å². The summed E-state index contributed by atoms with van der Waals surface area (Å²) in [6.07, 6.45) is 0. The van der Waals surface area contributed by atoms with Gasteiger partial charge >= 0.3 is 0 Å². The van der Waals surface area contributed by atoms with Crippen LogP contribution >= 0.6 is 54.5 Å². The van der Waals surface area contributed by atoms with Crippen molar-refractivity contribution in [2.45, 2.75) is 0 Å². The van der Waals surface area contributed by atoms with Crippen LogP contribution in [0.2, 0.25) is 0 Å². The molecule has 0 saturated carbocycles. The molecule has 0 aliphatic rings. The topological polar surface area (TPSA) is 72.2 Å². The monoisotopic (exact) mass is 524 g/mol. The van der Waals surface area contributed by atoms with Crippen LogP contribution in [0, 0.1) is 13.7 Å². The molecule has 0 spiro atoms. The third-order valence-corrected chi connectivity index (χ3v) is 4.64. The van der Waals surface area contributed by atoms with E-state index in [9.17, 15) is 14.9 Å². The lowest BCUT2D eigenvalue weighted by Gasteiger charge is -2.09. The number of nitro groups is 1. The molecular formula is C13H7Br2IN2O3. The minimum atomic E-state index is -0.510. The average Bonchev–Trinajstić information content (AvgIpc) is 2.43. The second kappa shape index (κ2) is 6.84. The van der Waals surface area contributed by atoms with Gasteiger partial charge in [0.2, 0.25) is 0 Å². The number of nitrogens with zero attached hydrogens (tertiary/aromatic N) is 1. The quantitative estimate of drug-likeness (QED) is 0.349. The van der Waals surface area contributed by atoms with Crippen molar-refractivity contribution < 1.29 is 9.72 Å². The second-order valence-corrected chi connectivity index (χ2v) is 6.95. The molecule has 1 amide bonds. The molecule has 0 fully saturated rings. The van der Waals surface area contributed by atoms with Crippen LogP contribution in [0.1, 0.15) is 10.4 Å². The molecule has 1 N–H and O–H groups in total. The highest BCUT2D eigenvalue weighted by atomic mass is 127. The molecule has 2 aromatic rings. The van der Waals surface area contributed by atoms with Crippen LogP contribution < -0.4 is 5.32 Å². The van der Waals surface area contributed by atoms with Gasteiger partial charge in [-0.3, -0.25) is 14.9 Å². The molecule has 2 rings (SSSR count). The Morgan fingerprint density at radius 3 is 2.48 bits per heavy atom. The van der Waals surface area contributed by atoms with E-state index in [1.54, 1.807) is 12.1 Å². The summed E-state index contributed by atoms with van der Waals surface area (Å²) in [5.41, 5.74) is 0.718. The summed E-state index contributed by atoms with van der Waals surface area (Å²) in [7, 11) is 0. The molecule has 0 bridgehead atoms. The molecular weight excluding hydrogens is 519 g/mol. The summed E-state index contributed by atoms with van der Waals surface area (Å²) in [6, 6.07) is 9.57. The standard InChI is InChI=1S/C13H7Br2IN2O3/c14-10-3-1-7(16)5-9(10)13(19)17-12-6-8(18(20)21)2-4-11(12)15/h1-6H,(H,17,19). The summed E-state index contributed by atoms with van der Waals surface area (Å²) in [4.78, 5) is 22.6. The number of hydrogen-bond donors (Lipinski definition) is 1. The smallest absolute Gasteiger partial charge is 0.271 e. The summed E-state index contributed by atoms with van der Waals surface area (Å²) in [6.45, 7) is 0. The van der Waals surface area contributed by atoms with Crippen LogP contribution in [0.15, 0.2) is 45.3 Å². The zero-order valence-corrected chi connectivity index (χ0v) is 15.6. The van der Waals surface area contributed by atoms with E-state index in [-0.39, 0.29) is 11.6 Å². The number of nitrogens with one attached hydrogen (secondary N) is 1. The maximum Gasteiger partial charge on any atom is 0.271 e. The van der Waals surface area contributed by atoms with Gasteiger partial charge in [0, 0.05) is 24.6 Å². The Bertz CT molecular complexity index is 737. The highest BCUT2D eigenvalue weighted by molar-refractivity contribution is 14.1. The molecule has 2 aromatic carbocycles. The number of halogens is 3. The number of carbonyl (C=O) groups excluding carboxylic acids is 1. The van der Waals surface area contributed by atoms with Crippen molar-refractivity contribution in [3.05, 3.63) is 64.6 Å². The SMILES string of the molecule is O=C(Nc1cc([N+](=O)[O-])ccc1Br)c1cc(I)ccc1Br. The van der Waals surface area contributed by atoms with Crippen LogP contribution in [0.3, 0.4) is 0 Å². The van der Waals surface area contributed by atoms with Gasteiger partial charge in [0.1, 0.15) is 0 Å². The van der Waals surface area contributed by atoms with E-state index >= 15 is 0 Å². The Morgan fingerprint density at radius 1 is 1.14 bits per heavy atom. The highest BCUT2D eigenvalue weighted by Gasteiger charge is 2.15. The van der Waals surface area contributed by atoms with Crippen molar-refractivity contribution in [3.63, 3.8) is 0 Å². The van der Waals surface area contributed by atoms with Crippen LogP contribution in [-0.4, -0.2) is 10.8 Å². The van der Waals surface area contributed by atoms with E-state index < -0.39 is 4.92 Å². The zero-order valence-electron chi connectivity index (χ0n) is 10.3. The number of amides is 1. The van der Waals surface area contributed by atoms with Gasteiger partial charge in [0.25, 0.3) is 11.6 Å². The maximum absolute atomic E-state index is 12.3. The Kier molecular flexibility index (Phi) is 5.33. The summed E-state index contributed by atoms with van der Waals surface area (Å²) in [5.74, 6) is -0.346. The first-order valence-corrected chi connectivity index (χ1v) is 8.25. The lowest BCUT2D eigenvalue weighted by Crippen LogP contribution is -2.13. The predicted octanol–water partition coefficient (Wildman–Crippen LogP) is 4.98. The Hall–Kier alpha value is -1.000. The number of nitro benzene ring substituents is 1. The Morgan fingerprint density at radius 2 is 1.81 bits per heavy atom. The molecule has 108 valence electrons. The van der Waals surface area contributed by atoms with Crippen molar-refractivity contribution in [1.29, 1.82) is 0 Å². The number of anilines is 1. The number of rotatable bonds is 3. The fraction of sp³-hybridized carbons (Fsp3) is 0. The Labute approximate surface area is 150 Å². The van der Waals surface area contributed by atoms with E-state index in [1.165, 1.54) is 18.2 Å². The van der Waals surface area contributed by atoms with Gasteiger partial charge < -0.3 is 5.32 Å². The fourth-order valence-electron chi connectivity index (χ4n) is 1.58. The molecule has 5 nitrogen and oxygen atoms in total. The van der Waals surface area contributed by atoms with Gasteiger partial charge in [-0.25, -0.2) is 0 Å². The van der Waals surface area contributed by atoms with Gasteiger partial charge in [0.05, 0.1) is 16.2 Å². The maximum atomic E-state index is 12.3. The molecule has 0 saturated heterocycles. The molecule has 0 aliphatic heterocycles. The van der Waals surface area contributed by atoms with E-state index in [0.717, 1.165) is 3.57 Å². The molecule has 8 heteroatoms. The van der Waals surface area contributed by atoms with Gasteiger partial charge in [-0.05, 0) is 78.7 Å². The molecule has 0 radical (unpaired) electrons. The number of non-ortho nitro benzene ring substituents is 1. The first-order chi connectivity index (χ1) is 9.88. The van der Waals surface area contributed by atoms with Crippen LogP contribution in [0.25, 0.3) is 0 Å². The van der Waals surface area contributed by atoms with Crippen molar-refractivity contribution >= 4 is 71.7 Å². The van der Waals surface area contributed by atoms with Gasteiger partial charge in [0.15, 0.2) is 0 Å². The highest BCUT2D eigenvalue weighted by Crippen LogP contribution is 2.28. The molecule has 0 aromatic heterocycles. The largest absolute Gasteiger partial charge is 0.321 e. The van der Waals surface area contributed by atoms with Crippen molar-refractivity contribution in [1.82, 2.24) is 0 Å². The van der Waals surface area contributed by atoms with Crippen molar-refractivity contribution in [2.24, 2.45) is 0 Å². The fourth-order valence-corrected chi connectivity index (χ4v) is 2.85. The Balaban J connectivity index is 2.33. The first-order valence-electron chi connectivity index (χ1n) is 5.59. The summed E-state index contributed by atoms with van der Waals surface area (Å²) < 4.78 is 2.14. The van der Waals surface area contributed by atoms with Gasteiger partial charge in [-0.2, -0.15) is 0 Å². The van der Waals surface area contributed by atoms with Gasteiger partial charge in [-0.1, -0.05) is 0 Å². The zero-order chi connectivity index (χ0) is 15.6. The minimum Gasteiger partial charge on any atom is -0.321 e. The molecule has 21 heavy (non-hydrogen) atoms. The second-order valence-electron chi connectivity index (χ2n) is 4.00. The summed E-state index contributed by atoms with van der Waals surface area (Å²) in [5, 5.41) is 13.5. The first kappa shape index (κ1) is 16.4. The van der Waals surface area contributed by atoms with Crippen molar-refractivity contribution in [2.75, 3.05) is 5.32 Å². The third-order valence-electron chi connectivity index (χ3n) is 2.58. The van der Waals surface area contributed by atoms with Crippen LogP contribution in [-0.2, 0) is 0 Å². The molecule has 0 aliphatic carbocycles. The van der Waals surface area contributed by atoms with Gasteiger partial charge in [-0.15, -0.1) is 0 Å². The molecule has 0 atom stereocenters. The lowest BCUT2D eigenvalue weighted by molar-refractivity contribution is -0.384. The normalized spacial score (nSPS) is 10.2.